The lowest BCUT2D eigenvalue weighted by molar-refractivity contribution is -0.137. The van der Waals surface area contributed by atoms with Gasteiger partial charge in [-0.2, -0.15) is 13.2 Å². The van der Waals surface area contributed by atoms with Crippen molar-refractivity contribution in [3.05, 3.63) is 47.0 Å². The van der Waals surface area contributed by atoms with E-state index in [2.05, 4.69) is 0 Å². The molecule has 0 fully saturated rings. The summed E-state index contributed by atoms with van der Waals surface area (Å²) in [7, 11) is 0. The van der Waals surface area contributed by atoms with Gasteiger partial charge in [-0.15, -0.1) is 0 Å². The van der Waals surface area contributed by atoms with Gasteiger partial charge in [-0.05, 0) is 30.9 Å². The second-order valence-corrected chi connectivity index (χ2v) is 5.23. The highest BCUT2D eigenvalue weighted by Gasteiger charge is 2.38. The molecule has 20 heavy (non-hydrogen) atoms. The highest BCUT2D eigenvalue weighted by molar-refractivity contribution is 5.90. The van der Waals surface area contributed by atoms with Crippen LogP contribution in [0, 0.1) is 0 Å². The molecule has 1 aromatic rings. The SMILES string of the molecule is CC1(c2cccc(C(F)(F)F)c2)CCCC=C1C(=O)O. The lowest BCUT2D eigenvalue weighted by atomic mass is 9.69. The van der Waals surface area contributed by atoms with Crippen molar-refractivity contribution < 1.29 is 23.1 Å². The Hall–Kier alpha value is -1.78. The quantitative estimate of drug-likeness (QED) is 0.885. The minimum absolute atomic E-state index is 0.183. The number of allylic oxidation sites excluding steroid dienone is 1. The number of halogens is 3. The van der Waals surface area contributed by atoms with Crippen LogP contribution in [0.4, 0.5) is 13.2 Å². The zero-order chi connectivity index (χ0) is 15.0. The number of alkyl halides is 3. The normalized spacial score (nSPS) is 23.3. The molecule has 0 spiro atoms. The van der Waals surface area contributed by atoms with E-state index in [1.54, 1.807) is 19.1 Å². The van der Waals surface area contributed by atoms with E-state index in [0.717, 1.165) is 18.6 Å². The summed E-state index contributed by atoms with van der Waals surface area (Å²) in [4.78, 5) is 11.3. The molecule has 0 heterocycles. The predicted molar refractivity (Wildman–Crippen MR) is 68.4 cm³/mol. The largest absolute Gasteiger partial charge is 0.478 e. The summed E-state index contributed by atoms with van der Waals surface area (Å²) in [5.74, 6) is -1.07. The molecule has 1 atom stereocenters. The zero-order valence-electron chi connectivity index (χ0n) is 11.0. The molecule has 0 saturated heterocycles. The standard InChI is InChI=1S/C15H15F3O2/c1-14(8-3-2-7-12(14)13(19)20)10-5-4-6-11(9-10)15(16,17)18/h4-7,9H,2-3,8H2,1H3,(H,19,20). The van der Waals surface area contributed by atoms with Gasteiger partial charge in [0.1, 0.15) is 0 Å². The molecule has 1 N–H and O–H groups in total. The third kappa shape index (κ3) is 2.57. The lowest BCUT2D eigenvalue weighted by Gasteiger charge is -2.34. The summed E-state index contributed by atoms with van der Waals surface area (Å²) in [6, 6.07) is 4.96. The van der Waals surface area contributed by atoms with Crippen molar-refractivity contribution in [3.8, 4) is 0 Å². The first-order valence-electron chi connectivity index (χ1n) is 6.37. The Labute approximate surface area is 114 Å². The number of aliphatic carboxylic acids is 1. The smallest absolute Gasteiger partial charge is 0.416 e. The zero-order valence-corrected chi connectivity index (χ0v) is 11.0. The van der Waals surface area contributed by atoms with Gasteiger partial charge in [-0.1, -0.05) is 31.2 Å². The summed E-state index contributed by atoms with van der Waals surface area (Å²) in [5.41, 5.74) is -1.03. The molecule has 1 unspecified atom stereocenters. The fourth-order valence-electron chi connectivity index (χ4n) is 2.72. The van der Waals surface area contributed by atoms with Crippen LogP contribution >= 0.6 is 0 Å². The highest BCUT2D eigenvalue weighted by atomic mass is 19.4. The summed E-state index contributed by atoms with van der Waals surface area (Å²) >= 11 is 0. The Bertz CT molecular complexity index is 560. The number of hydrogen-bond acceptors (Lipinski definition) is 1. The summed E-state index contributed by atoms with van der Waals surface area (Å²) in [6.07, 6.45) is -0.855. The maximum absolute atomic E-state index is 12.8. The lowest BCUT2D eigenvalue weighted by Crippen LogP contribution is -2.31. The number of rotatable bonds is 2. The van der Waals surface area contributed by atoms with Crippen LogP contribution in [0.3, 0.4) is 0 Å². The molecule has 1 aliphatic rings. The van der Waals surface area contributed by atoms with Gasteiger partial charge in [-0.25, -0.2) is 4.79 Å². The minimum Gasteiger partial charge on any atom is -0.478 e. The van der Waals surface area contributed by atoms with Crippen molar-refractivity contribution in [2.75, 3.05) is 0 Å². The maximum atomic E-state index is 12.8. The molecule has 1 aromatic carbocycles. The topological polar surface area (TPSA) is 37.3 Å². The van der Waals surface area contributed by atoms with Crippen LogP contribution in [0.2, 0.25) is 0 Å². The summed E-state index contributed by atoms with van der Waals surface area (Å²) in [6.45, 7) is 1.70. The first-order chi connectivity index (χ1) is 9.25. The number of carboxylic acids is 1. The number of carbonyl (C=O) groups is 1. The van der Waals surface area contributed by atoms with E-state index in [-0.39, 0.29) is 5.57 Å². The fraction of sp³-hybridized carbons (Fsp3) is 0.400. The molecule has 0 amide bonds. The Morgan fingerprint density at radius 3 is 2.65 bits per heavy atom. The van der Waals surface area contributed by atoms with Crippen LogP contribution in [0.5, 0.6) is 0 Å². The van der Waals surface area contributed by atoms with Gasteiger partial charge < -0.3 is 5.11 Å². The van der Waals surface area contributed by atoms with Gasteiger partial charge in [0.2, 0.25) is 0 Å². The fourth-order valence-corrected chi connectivity index (χ4v) is 2.72. The number of hydrogen-bond donors (Lipinski definition) is 1. The maximum Gasteiger partial charge on any atom is 0.416 e. The Kier molecular flexibility index (Phi) is 3.63. The van der Waals surface area contributed by atoms with E-state index < -0.39 is 23.1 Å². The van der Waals surface area contributed by atoms with Gasteiger partial charge >= 0.3 is 12.1 Å². The van der Waals surface area contributed by atoms with E-state index >= 15 is 0 Å². The molecule has 2 nitrogen and oxygen atoms in total. The van der Waals surface area contributed by atoms with Gasteiger partial charge in [0.25, 0.3) is 0 Å². The monoisotopic (exact) mass is 284 g/mol. The Morgan fingerprint density at radius 2 is 2.05 bits per heavy atom. The van der Waals surface area contributed by atoms with E-state index in [4.69, 9.17) is 0 Å². The van der Waals surface area contributed by atoms with Gasteiger partial charge in [-0.3, -0.25) is 0 Å². The van der Waals surface area contributed by atoms with Gasteiger partial charge in [0, 0.05) is 11.0 Å². The van der Waals surface area contributed by atoms with E-state index in [0.29, 0.717) is 18.4 Å². The molecule has 108 valence electrons. The van der Waals surface area contributed by atoms with Crippen LogP contribution < -0.4 is 0 Å². The van der Waals surface area contributed by atoms with Gasteiger partial charge in [0.05, 0.1) is 5.56 Å². The average molecular weight is 284 g/mol. The van der Waals surface area contributed by atoms with Crippen molar-refractivity contribution in [1.82, 2.24) is 0 Å². The molecule has 0 radical (unpaired) electrons. The molecule has 1 aliphatic carbocycles. The second-order valence-electron chi connectivity index (χ2n) is 5.23. The van der Waals surface area contributed by atoms with E-state index in [1.165, 1.54) is 6.07 Å². The van der Waals surface area contributed by atoms with E-state index in [1.807, 2.05) is 0 Å². The molecule has 0 aliphatic heterocycles. The molecular weight excluding hydrogens is 269 g/mol. The summed E-state index contributed by atoms with van der Waals surface area (Å²) in [5, 5.41) is 9.27. The van der Waals surface area contributed by atoms with Crippen LogP contribution in [0.25, 0.3) is 0 Å². The molecule has 5 heteroatoms. The third-order valence-corrected chi connectivity index (χ3v) is 3.88. The predicted octanol–water partition coefficient (Wildman–Crippen LogP) is 4.16. The molecule has 2 rings (SSSR count). The molecular formula is C15H15F3O2. The van der Waals surface area contributed by atoms with E-state index in [9.17, 15) is 23.1 Å². The van der Waals surface area contributed by atoms with Crippen molar-refractivity contribution in [2.45, 2.75) is 37.8 Å². The number of benzene rings is 1. The Balaban J connectivity index is 2.51. The van der Waals surface area contributed by atoms with Crippen molar-refractivity contribution in [1.29, 1.82) is 0 Å². The first kappa shape index (κ1) is 14.6. The van der Waals surface area contributed by atoms with Crippen LogP contribution in [0.15, 0.2) is 35.9 Å². The van der Waals surface area contributed by atoms with Crippen molar-refractivity contribution in [2.24, 2.45) is 0 Å². The molecule has 0 aromatic heterocycles. The Morgan fingerprint density at radius 1 is 1.35 bits per heavy atom. The number of carboxylic acid groups (broad SMARTS) is 1. The van der Waals surface area contributed by atoms with Crippen LogP contribution in [0.1, 0.15) is 37.3 Å². The van der Waals surface area contributed by atoms with Gasteiger partial charge in [0.15, 0.2) is 0 Å². The van der Waals surface area contributed by atoms with Crippen LogP contribution in [-0.4, -0.2) is 11.1 Å². The van der Waals surface area contributed by atoms with Crippen molar-refractivity contribution in [3.63, 3.8) is 0 Å². The second kappa shape index (κ2) is 4.96. The average Bonchev–Trinajstić information content (AvgIpc) is 2.38. The first-order valence-corrected chi connectivity index (χ1v) is 6.37. The summed E-state index contributed by atoms with van der Waals surface area (Å²) < 4.78 is 38.4. The van der Waals surface area contributed by atoms with Crippen LogP contribution in [-0.2, 0) is 16.4 Å². The van der Waals surface area contributed by atoms with Crippen molar-refractivity contribution >= 4 is 5.97 Å². The minimum atomic E-state index is -4.42. The molecule has 0 saturated carbocycles. The molecule has 0 bridgehead atoms. The third-order valence-electron chi connectivity index (χ3n) is 3.88. The highest BCUT2D eigenvalue weighted by Crippen LogP contribution is 2.42.